The first-order valence-corrected chi connectivity index (χ1v) is 8.02. The van der Waals surface area contributed by atoms with E-state index >= 15 is 0 Å². The first-order valence-electron chi connectivity index (χ1n) is 8.02. The number of morpholine rings is 1. The molecule has 6 nitrogen and oxygen atoms in total. The van der Waals surface area contributed by atoms with Crippen molar-refractivity contribution < 1.29 is 4.74 Å². The van der Waals surface area contributed by atoms with Gasteiger partial charge in [0.2, 0.25) is 0 Å². The first kappa shape index (κ1) is 14.4. The van der Waals surface area contributed by atoms with Crippen LogP contribution in [0.2, 0.25) is 0 Å². The second kappa shape index (κ2) is 6.14. The molecule has 120 valence electrons. The third-order valence-corrected chi connectivity index (χ3v) is 4.18. The summed E-state index contributed by atoms with van der Waals surface area (Å²) in [4.78, 5) is 7.09. The molecule has 0 aromatic carbocycles. The van der Waals surface area contributed by atoms with Crippen LogP contribution in [0, 0.1) is 6.92 Å². The largest absolute Gasteiger partial charge is 0.374 e. The number of hydrogen-bond donors (Lipinski definition) is 0. The predicted octanol–water partition coefficient (Wildman–Crippen LogP) is 1.74. The van der Waals surface area contributed by atoms with E-state index in [1.807, 2.05) is 35.3 Å². The highest BCUT2D eigenvalue weighted by molar-refractivity contribution is 5.39. The van der Waals surface area contributed by atoms with Gasteiger partial charge < -0.3 is 9.14 Å². The van der Waals surface area contributed by atoms with E-state index in [2.05, 4.69) is 38.7 Å². The van der Waals surface area contributed by atoms with E-state index in [0.29, 0.717) is 0 Å². The molecule has 3 aromatic heterocycles. The number of fused-ring (bicyclic) bond motifs is 1. The molecule has 4 rings (SSSR count). The molecule has 0 amide bonds. The third-order valence-electron chi connectivity index (χ3n) is 4.18. The standard InChI is InChI=1S/C17H21N5O/c1-14-8-18-22(9-14)13-16-12-20(6-7-23-16)10-15-11-21-5-3-2-4-17(21)19-15/h2-5,8-9,11,16H,6-7,10,12-13H2,1H3/t16-/m0/s1. The van der Waals surface area contributed by atoms with Crippen LogP contribution in [0.4, 0.5) is 0 Å². The Hall–Kier alpha value is -2.18. The molecule has 1 aliphatic rings. The van der Waals surface area contributed by atoms with Gasteiger partial charge in [-0.2, -0.15) is 5.10 Å². The van der Waals surface area contributed by atoms with E-state index in [-0.39, 0.29) is 6.10 Å². The van der Waals surface area contributed by atoms with E-state index in [1.165, 1.54) is 5.56 Å². The van der Waals surface area contributed by atoms with Gasteiger partial charge >= 0.3 is 0 Å². The lowest BCUT2D eigenvalue weighted by molar-refractivity contribution is -0.0405. The maximum absolute atomic E-state index is 5.89. The van der Waals surface area contributed by atoms with E-state index in [1.54, 1.807) is 0 Å². The van der Waals surface area contributed by atoms with Crippen molar-refractivity contribution in [3.8, 4) is 0 Å². The Morgan fingerprint density at radius 3 is 3.09 bits per heavy atom. The zero-order valence-corrected chi connectivity index (χ0v) is 13.3. The van der Waals surface area contributed by atoms with Crippen LogP contribution in [0.25, 0.3) is 5.65 Å². The number of hydrogen-bond acceptors (Lipinski definition) is 4. The van der Waals surface area contributed by atoms with Crippen molar-refractivity contribution in [3.05, 3.63) is 54.2 Å². The van der Waals surface area contributed by atoms with Crippen molar-refractivity contribution in [2.45, 2.75) is 26.1 Å². The van der Waals surface area contributed by atoms with Gasteiger partial charge in [0.25, 0.3) is 0 Å². The average molecular weight is 311 g/mol. The smallest absolute Gasteiger partial charge is 0.137 e. The maximum Gasteiger partial charge on any atom is 0.137 e. The Morgan fingerprint density at radius 1 is 1.30 bits per heavy atom. The van der Waals surface area contributed by atoms with Gasteiger partial charge in [-0.05, 0) is 24.6 Å². The molecule has 6 heteroatoms. The summed E-state index contributed by atoms with van der Waals surface area (Å²) in [6, 6.07) is 6.07. The number of rotatable bonds is 4. The van der Waals surface area contributed by atoms with Gasteiger partial charge in [-0.15, -0.1) is 0 Å². The minimum Gasteiger partial charge on any atom is -0.374 e. The summed E-state index contributed by atoms with van der Waals surface area (Å²) < 4.78 is 9.93. The second-order valence-electron chi connectivity index (χ2n) is 6.17. The lowest BCUT2D eigenvalue weighted by Crippen LogP contribution is -2.43. The highest BCUT2D eigenvalue weighted by Gasteiger charge is 2.21. The number of imidazole rings is 1. The van der Waals surface area contributed by atoms with Crippen LogP contribution in [-0.2, 0) is 17.8 Å². The molecule has 1 fully saturated rings. The summed E-state index contributed by atoms with van der Waals surface area (Å²) in [5.74, 6) is 0. The molecular weight excluding hydrogens is 290 g/mol. The lowest BCUT2D eigenvalue weighted by atomic mass is 10.2. The molecule has 23 heavy (non-hydrogen) atoms. The van der Waals surface area contributed by atoms with E-state index in [4.69, 9.17) is 4.74 Å². The number of pyridine rings is 1. The summed E-state index contributed by atoms with van der Waals surface area (Å²) in [6.07, 6.45) is 8.27. The number of ether oxygens (including phenoxy) is 1. The molecule has 0 spiro atoms. The van der Waals surface area contributed by atoms with Gasteiger partial charge in [0.15, 0.2) is 0 Å². The van der Waals surface area contributed by atoms with E-state index in [0.717, 1.165) is 44.1 Å². The summed E-state index contributed by atoms with van der Waals surface area (Å²) >= 11 is 0. The molecule has 0 unspecified atom stereocenters. The number of aromatic nitrogens is 4. The normalized spacial score (nSPS) is 19.4. The van der Waals surface area contributed by atoms with Crippen LogP contribution >= 0.6 is 0 Å². The quantitative estimate of drug-likeness (QED) is 0.736. The van der Waals surface area contributed by atoms with Crippen molar-refractivity contribution in [3.63, 3.8) is 0 Å². The fourth-order valence-electron chi connectivity index (χ4n) is 3.10. The summed E-state index contributed by atoms with van der Waals surface area (Å²) in [7, 11) is 0. The predicted molar refractivity (Wildman–Crippen MR) is 87.2 cm³/mol. The van der Waals surface area contributed by atoms with Gasteiger partial charge in [-0.1, -0.05) is 6.07 Å². The monoisotopic (exact) mass is 311 g/mol. The first-order chi connectivity index (χ1) is 11.3. The zero-order valence-electron chi connectivity index (χ0n) is 13.3. The van der Waals surface area contributed by atoms with Crippen LogP contribution in [0.5, 0.6) is 0 Å². The Labute approximate surface area is 135 Å². The second-order valence-corrected chi connectivity index (χ2v) is 6.17. The minimum atomic E-state index is 0.181. The SMILES string of the molecule is Cc1cnn(C[C@@H]2CN(Cc3cn4ccccc4n3)CCO2)c1. The Kier molecular flexibility index (Phi) is 3.85. The zero-order chi connectivity index (χ0) is 15.6. The van der Waals surface area contributed by atoms with Crippen LogP contribution in [-0.4, -0.2) is 49.9 Å². The molecule has 0 saturated carbocycles. The molecule has 0 bridgehead atoms. The fourth-order valence-corrected chi connectivity index (χ4v) is 3.10. The highest BCUT2D eigenvalue weighted by atomic mass is 16.5. The van der Waals surface area contributed by atoms with Crippen LogP contribution < -0.4 is 0 Å². The van der Waals surface area contributed by atoms with Crippen molar-refractivity contribution >= 4 is 5.65 Å². The molecule has 1 atom stereocenters. The van der Waals surface area contributed by atoms with Crippen molar-refractivity contribution in [1.82, 2.24) is 24.1 Å². The molecular formula is C17H21N5O. The molecule has 1 saturated heterocycles. The maximum atomic E-state index is 5.89. The number of nitrogens with zero attached hydrogens (tertiary/aromatic N) is 5. The van der Waals surface area contributed by atoms with Gasteiger partial charge in [-0.3, -0.25) is 9.58 Å². The van der Waals surface area contributed by atoms with Crippen molar-refractivity contribution in [1.29, 1.82) is 0 Å². The third kappa shape index (κ3) is 3.28. The lowest BCUT2D eigenvalue weighted by Gasteiger charge is -2.32. The highest BCUT2D eigenvalue weighted by Crippen LogP contribution is 2.12. The molecule has 0 radical (unpaired) electrons. The fraction of sp³-hybridized carbons (Fsp3) is 0.412. The Morgan fingerprint density at radius 2 is 2.26 bits per heavy atom. The molecule has 4 heterocycles. The molecule has 1 aliphatic heterocycles. The average Bonchev–Trinajstić information content (AvgIpc) is 3.13. The van der Waals surface area contributed by atoms with Gasteiger partial charge in [-0.25, -0.2) is 4.98 Å². The van der Waals surface area contributed by atoms with Crippen LogP contribution in [0.1, 0.15) is 11.3 Å². The Bertz CT molecular complexity index is 760. The molecule has 0 N–H and O–H groups in total. The van der Waals surface area contributed by atoms with Crippen LogP contribution in [0.15, 0.2) is 43.0 Å². The summed E-state index contributed by atoms with van der Waals surface area (Å²) in [5, 5.41) is 4.35. The van der Waals surface area contributed by atoms with Gasteiger partial charge in [0, 0.05) is 38.2 Å². The summed E-state index contributed by atoms with van der Waals surface area (Å²) in [6.45, 7) is 6.34. The molecule has 3 aromatic rings. The topological polar surface area (TPSA) is 47.6 Å². The van der Waals surface area contributed by atoms with Gasteiger partial charge in [0.05, 0.1) is 31.1 Å². The van der Waals surface area contributed by atoms with Crippen molar-refractivity contribution in [2.75, 3.05) is 19.7 Å². The van der Waals surface area contributed by atoms with Gasteiger partial charge in [0.1, 0.15) is 5.65 Å². The van der Waals surface area contributed by atoms with Crippen LogP contribution in [0.3, 0.4) is 0 Å². The molecule has 0 aliphatic carbocycles. The minimum absolute atomic E-state index is 0.181. The van der Waals surface area contributed by atoms with E-state index in [9.17, 15) is 0 Å². The number of aryl methyl sites for hydroxylation is 1. The van der Waals surface area contributed by atoms with E-state index < -0.39 is 0 Å². The Balaban J connectivity index is 1.40. The summed E-state index contributed by atoms with van der Waals surface area (Å²) in [5.41, 5.74) is 3.29. The van der Waals surface area contributed by atoms with Crippen molar-refractivity contribution in [2.24, 2.45) is 0 Å².